The van der Waals surface area contributed by atoms with Crippen LogP contribution in [-0.4, -0.2) is 0 Å². The first-order chi connectivity index (χ1) is 9.25. The lowest BCUT2D eigenvalue weighted by Gasteiger charge is -2.01. The smallest absolute Gasteiger partial charge is 0.150 e. The topological polar surface area (TPSA) is 13.1 Å². The zero-order valence-corrected chi connectivity index (χ0v) is 12.1. The standard InChI is InChI=1S/C16H8BrClO/c17-15-10-5-2-1-4-9(10)8-11-14-12(18)6-3-7-13(14)19-16(11)15/h1-8H. The Labute approximate surface area is 122 Å². The lowest BCUT2D eigenvalue weighted by molar-refractivity contribution is 0.667. The molecular formula is C16H8BrClO. The third-order valence-electron chi connectivity index (χ3n) is 3.40. The van der Waals surface area contributed by atoms with Crippen molar-refractivity contribution in [3.05, 3.63) is 58.0 Å². The van der Waals surface area contributed by atoms with Crippen molar-refractivity contribution in [1.29, 1.82) is 0 Å². The lowest BCUT2D eigenvalue weighted by Crippen LogP contribution is -1.76. The van der Waals surface area contributed by atoms with E-state index in [0.717, 1.165) is 36.8 Å². The predicted octanol–water partition coefficient (Wildman–Crippen LogP) is 6.16. The molecule has 0 unspecified atom stereocenters. The van der Waals surface area contributed by atoms with Crippen LogP contribution in [0.3, 0.4) is 0 Å². The number of fused-ring (bicyclic) bond motifs is 4. The molecule has 0 aliphatic carbocycles. The summed E-state index contributed by atoms with van der Waals surface area (Å²) in [5.74, 6) is 0. The third kappa shape index (κ3) is 1.54. The number of rotatable bonds is 0. The van der Waals surface area contributed by atoms with E-state index in [1.807, 2.05) is 30.3 Å². The minimum absolute atomic E-state index is 0.721. The van der Waals surface area contributed by atoms with E-state index in [1.54, 1.807) is 0 Å². The zero-order chi connectivity index (χ0) is 13.0. The van der Waals surface area contributed by atoms with Crippen molar-refractivity contribution in [2.24, 2.45) is 0 Å². The molecule has 0 radical (unpaired) electrons. The Balaban J connectivity index is 2.34. The van der Waals surface area contributed by atoms with E-state index in [-0.39, 0.29) is 0 Å². The van der Waals surface area contributed by atoms with Crippen LogP contribution in [0.1, 0.15) is 0 Å². The molecule has 0 atom stereocenters. The summed E-state index contributed by atoms with van der Waals surface area (Å²) in [5, 5.41) is 5.06. The normalized spacial score (nSPS) is 11.7. The van der Waals surface area contributed by atoms with Crippen LogP contribution in [0.25, 0.3) is 32.7 Å². The number of hydrogen-bond acceptors (Lipinski definition) is 1. The predicted molar refractivity (Wildman–Crippen MR) is 83.9 cm³/mol. The molecule has 0 saturated carbocycles. The van der Waals surface area contributed by atoms with Crippen LogP contribution in [0.15, 0.2) is 57.4 Å². The Kier molecular flexibility index (Phi) is 2.38. The minimum Gasteiger partial charge on any atom is -0.455 e. The first-order valence-electron chi connectivity index (χ1n) is 5.93. The van der Waals surface area contributed by atoms with Crippen LogP contribution < -0.4 is 0 Å². The van der Waals surface area contributed by atoms with Crippen molar-refractivity contribution < 1.29 is 4.42 Å². The second-order valence-corrected chi connectivity index (χ2v) is 5.70. The summed E-state index contributed by atoms with van der Waals surface area (Å²) in [7, 11) is 0. The quantitative estimate of drug-likeness (QED) is 0.376. The molecule has 0 aliphatic rings. The summed E-state index contributed by atoms with van der Waals surface area (Å²) < 4.78 is 6.92. The van der Waals surface area contributed by atoms with Gasteiger partial charge < -0.3 is 4.42 Å². The van der Waals surface area contributed by atoms with E-state index in [1.165, 1.54) is 5.39 Å². The number of hydrogen-bond donors (Lipinski definition) is 0. The van der Waals surface area contributed by atoms with Gasteiger partial charge in [-0.2, -0.15) is 0 Å². The third-order valence-corrected chi connectivity index (χ3v) is 4.50. The van der Waals surface area contributed by atoms with E-state index in [4.69, 9.17) is 16.0 Å². The highest BCUT2D eigenvalue weighted by molar-refractivity contribution is 9.10. The molecular weight excluding hydrogens is 324 g/mol. The van der Waals surface area contributed by atoms with Gasteiger partial charge in [0.2, 0.25) is 0 Å². The van der Waals surface area contributed by atoms with Crippen molar-refractivity contribution in [2.45, 2.75) is 0 Å². The molecule has 19 heavy (non-hydrogen) atoms. The minimum atomic E-state index is 0.721. The van der Waals surface area contributed by atoms with Crippen LogP contribution in [0.5, 0.6) is 0 Å². The number of halogens is 2. The highest BCUT2D eigenvalue weighted by Crippen LogP contribution is 2.40. The molecule has 3 aromatic carbocycles. The first kappa shape index (κ1) is 11.3. The van der Waals surface area contributed by atoms with Gasteiger partial charge in [-0.25, -0.2) is 0 Å². The van der Waals surface area contributed by atoms with Gasteiger partial charge in [-0.05, 0) is 44.9 Å². The molecule has 0 saturated heterocycles. The SMILES string of the molecule is Clc1cccc2oc3c(Br)c4ccccc4cc3c12. The molecule has 0 amide bonds. The van der Waals surface area contributed by atoms with Gasteiger partial charge in [0, 0.05) is 10.8 Å². The first-order valence-corrected chi connectivity index (χ1v) is 7.11. The van der Waals surface area contributed by atoms with Crippen LogP contribution in [0.4, 0.5) is 0 Å². The Bertz CT molecular complexity index is 940. The van der Waals surface area contributed by atoms with Crippen molar-refractivity contribution in [2.75, 3.05) is 0 Å². The zero-order valence-electron chi connectivity index (χ0n) is 9.78. The van der Waals surface area contributed by atoms with Gasteiger partial charge in [0.25, 0.3) is 0 Å². The van der Waals surface area contributed by atoms with Gasteiger partial charge in [0.1, 0.15) is 11.2 Å². The Morgan fingerprint density at radius 1 is 0.947 bits per heavy atom. The average Bonchev–Trinajstić information content (AvgIpc) is 2.79. The van der Waals surface area contributed by atoms with E-state index >= 15 is 0 Å². The molecule has 92 valence electrons. The fraction of sp³-hybridized carbons (Fsp3) is 0. The van der Waals surface area contributed by atoms with E-state index < -0.39 is 0 Å². The molecule has 3 heteroatoms. The molecule has 1 heterocycles. The van der Waals surface area contributed by atoms with Crippen molar-refractivity contribution in [3.8, 4) is 0 Å². The summed E-state index contributed by atoms with van der Waals surface area (Å²) in [6, 6.07) is 16.1. The molecule has 0 aliphatic heterocycles. The molecule has 1 aromatic heterocycles. The molecule has 0 fully saturated rings. The summed E-state index contributed by atoms with van der Waals surface area (Å²) in [4.78, 5) is 0. The maximum absolute atomic E-state index is 6.31. The summed E-state index contributed by atoms with van der Waals surface area (Å²) >= 11 is 9.95. The maximum Gasteiger partial charge on any atom is 0.150 e. The van der Waals surface area contributed by atoms with Crippen LogP contribution in [0.2, 0.25) is 5.02 Å². The van der Waals surface area contributed by atoms with Crippen LogP contribution in [0, 0.1) is 0 Å². The van der Waals surface area contributed by atoms with E-state index in [0.29, 0.717) is 0 Å². The van der Waals surface area contributed by atoms with Gasteiger partial charge in [-0.3, -0.25) is 0 Å². The Morgan fingerprint density at radius 2 is 1.79 bits per heavy atom. The van der Waals surface area contributed by atoms with Gasteiger partial charge in [-0.15, -0.1) is 0 Å². The fourth-order valence-electron chi connectivity index (χ4n) is 2.53. The van der Waals surface area contributed by atoms with Crippen molar-refractivity contribution >= 4 is 60.2 Å². The highest BCUT2D eigenvalue weighted by atomic mass is 79.9. The molecule has 4 rings (SSSR count). The van der Waals surface area contributed by atoms with E-state index in [2.05, 4.69) is 34.1 Å². The van der Waals surface area contributed by atoms with Gasteiger partial charge in [0.05, 0.1) is 9.50 Å². The van der Waals surface area contributed by atoms with Gasteiger partial charge in [-0.1, -0.05) is 41.9 Å². The van der Waals surface area contributed by atoms with Gasteiger partial charge in [0.15, 0.2) is 0 Å². The molecule has 1 nitrogen and oxygen atoms in total. The Hall–Kier alpha value is -1.51. The monoisotopic (exact) mass is 330 g/mol. The largest absolute Gasteiger partial charge is 0.455 e. The molecule has 0 bridgehead atoms. The Morgan fingerprint density at radius 3 is 2.68 bits per heavy atom. The van der Waals surface area contributed by atoms with Crippen LogP contribution in [-0.2, 0) is 0 Å². The highest BCUT2D eigenvalue weighted by Gasteiger charge is 2.14. The summed E-state index contributed by atoms with van der Waals surface area (Å²) in [5.41, 5.74) is 1.67. The fourth-order valence-corrected chi connectivity index (χ4v) is 3.45. The molecule has 0 N–H and O–H groups in total. The van der Waals surface area contributed by atoms with Crippen molar-refractivity contribution in [1.82, 2.24) is 0 Å². The van der Waals surface area contributed by atoms with Gasteiger partial charge >= 0.3 is 0 Å². The number of furan rings is 1. The second kappa shape index (κ2) is 3.99. The van der Waals surface area contributed by atoms with Crippen molar-refractivity contribution in [3.63, 3.8) is 0 Å². The van der Waals surface area contributed by atoms with E-state index in [9.17, 15) is 0 Å². The summed E-state index contributed by atoms with van der Waals surface area (Å²) in [6.45, 7) is 0. The summed E-state index contributed by atoms with van der Waals surface area (Å²) in [6.07, 6.45) is 0. The second-order valence-electron chi connectivity index (χ2n) is 4.50. The van der Waals surface area contributed by atoms with Crippen LogP contribution >= 0.6 is 27.5 Å². The maximum atomic E-state index is 6.31. The lowest BCUT2D eigenvalue weighted by atomic mass is 10.1. The molecule has 4 aromatic rings. The number of benzene rings is 3. The molecule has 0 spiro atoms. The average molecular weight is 332 g/mol.